The summed E-state index contributed by atoms with van der Waals surface area (Å²) in [6.07, 6.45) is 2.14. The molecule has 0 aromatic carbocycles. The van der Waals surface area contributed by atoms with Crippen molar-refractivity contribution < 1.29 is 24.3 Å². The zero-order chi connectivity index (χ0) is 12.8. The lowest BCUT2D eigenvalue weighted by atomic mass is 9.93. The molecule has 1 rings (SSSR count). The predicted molar refractivity (Wildman–Crippen MR) is 57.3 cm³/mol. The number of carbonyl (C=O) groups is 2. The van der Waals surface area contributed by atoms with Crippen LogP contribution in [0.5, 0.6) is 0 Å². The summed E-state index contributed by atoms with van der Waals surface area (Å²) in [6.45, 7) is 1.70. The Labute approximate surface area is 98.4 Å². The van der Waals surface area contributed by atoms with Crippen molar-refractivity contribution in [3.8, 4) is 0 Å². The minimum Gasteiger partial charge on any atom is -0.481 e. The molecule has 0 fully saturated rings. The lowest BCUT2D eigenvalue weighted by Gasteiger charge is -2.26. The number of amides is 1. The van der Waals surface area contributed by atoms with Crippen LogP contribution in [0.15, 0.2) is 22.8 Å². The Bertz CT molecular complexity index is 362. The third kappa shape index (κ3) is 3.32. The highest BCUT2D eigenvalue weighted by Gasteiger charge is 2.31. The fourth-order valence-corrected chi connectivity index (χ4v) is 1.77. The smallest absolute Gasteiger partial charge is 0.309 e. The number of hydrogen-bond donors (Lipinski definition) is 2. The minimum atomic E-state index is -1.07. The number of hydroxylamine groups is 2. The van der Waals surface area contributed by atoms with E-state index >= 15 is 0 Å². The molecule has 0 aliphatic carbocycles. The van der Waals surface area contributed by atoms with Gasteiger partial charge in [-0.25, -0.2) is 5.06 Å². The molecular weight excluding hydrogens is 226 g/mol. The first-order chi connectivity index (χ1) is 8.10. The van der Waals surface area contributed by atoms with E-state index in [1.165, 1.54) is 6.26 Å². The summed E-state index contributed by atoms with van der Waals surface area (Å²) in [4.78, 5) is 21.6. The van der Waals surface area contributed by atoms with Gasteiger partial charge in [-0.05, 0) is 18.6 Å². The molecule has 1 heterocycles. The van der Waals surface area contributed by atoms with Gasteiger partial charge >= 0.3 is 5.97 Å². The van der Waals surface area contributed by atoms with Crippen molar-refractivity contribution in [3.05, 3.63) is 24.2 Å². The lowest BCUT2D eigenvalue weighted by Crippen LogP contribution is -2.41. The predicted octanol–water partition coefficient (Wildman–Crippen LogP) is 1.15. The van der Waals surface area contributed by atoms with Gasteiger partial charge in [0.05, 0.1) is 18.2 Å². The fourth-order valence-electron chi connectivity index (χ4n) is 1.77. The van der Waals surface area contributed by atoms with Gasteiger partial charge in [0.1, 0.15) is 5.76 Å². The van der Waals surface area contributed by atoms with Crippen LogP contribution in [0.4, 0.5) is 0 Å². The minimum absolute atomic E-state index is 0.131. The van der Waals surface area contributed by atoms with Crippen molar-refractivity contribution in [1.82, 2.24) is 5.06 Å². The second-order valence-corrected chi connectivity index (χ2v) is 3.69. The molecule has 1 amide bonds. The monoisotopic (exact) mass is 241 g/mol. The maximum absolute atomic E-state index is 11.2. The van der Waals surface area contributed by atoms with E-state index in [0.29, 0.717) is 17.2 Å². The average Bonchev–Trinajstić information content (AvgIpc) is 2.80. The molecule has 0 saturated heterocycles. The normalized spacial score (nSPS) is 14.0. The largest absolute Gasteiger partial charge is 0.481 e. The molecule has 0 spiro atoms. The molecule has 1 aromatic rings. The van der Waals surface area contributed by atoms with Crippen LogP contribution in [0, 0.1) is 5.92 Å². The molecule has 0 radical (unpaired) electrons. The second kappa shape index (κ2) is 6.05. The first kappa shape index (κ1) is 13.2. The Morgan fingerprint density at radius 3 is 2.76 bits per heavy atom. The third-order valence-corrected chi connectivity index (χ3v) is 2.65. The topological polar surface area (TPSA) is 91.0 Å². The maximum Gasteiger partial charge on any atom is 0.309 e. The van der Waals surface area contributed by atoms with Gasteiger partial charge in [-0.15, -0.1) is 0 Å². The van der Waals surface area contributed by atoms with Crippen molar-refractivity contribution in [2.24, 2.45) is 5.92 Å². The number of carbonyl (C=O) groups excluding carboxylic acids is 1. The van der Waals surface area contributed by atoms with E-state index in [9.17, 15) is 14.8 Å². The Morgan fingerprint density at radius 1 is 1.65 bits per heavy atom. The fraction of sp³-hybridized carbons (Fsp3) is 0.455. The zero-order valence-electron chi connectivity index (χ0n) is 9.44. The van der Waals surface area contributed by atoms with Crippen molar-refractivity contribution in [2.75, 3.05) is 0 Å². The number of aliphatic carboxylic acids is 1. The summed E-state index contributed by atoms with van der Waals surface area (Å²) in [7, 11) is 0. The van der Waals surface area contributed by atoms with E-state index in [1.807, 2.05) is 0 Å². The summed E-state index contributed by atoms with van der Waals surface area (Å²) in [6, 6.07) is 2.55. The van der Waals surface area contributed by atoms with Crippen molar-refractivity contribution >= 4 is 12.4 Å². The first-order valence-corrected chi connectivity index (χ1v) is 5.27. The maximum atomic E-state index is 11.2. The summed E-state index contributed by atoms with van der Waals surface area (Å²) >= 11 is 0. The summed E-state index contributed by atoms with van der Waals surface area (Å²) in [5.41, 5.74) is 0. The van der Waals surface area contributed by atoms with E-state index in [1.54, 1.807) is 19.1 Å². The Balaban J connectivity index is 2.83. The van der Waals surface area contributed by atoms with Crippen LogP contribution >= 0.6 is 0 Å². The molecule has 0 saturated carbocycles. The van der Waals surface area contributed by atoms with Crippen LogP contribution in [0.3, 0.4) is 0 Å². The summed E-state index contributed by atoms with van der Waals surface area (Å²) in [5.74, 6) is -1.47. The molecule has 17 heavy (non-hydrogen) atoms. The molecule has 0 bridgehead atoms. The Hall–Kier alpha value is -1.82. The Morgan fingerprint density at radius 2 is 2.35 bits per heavy atom. The van der Waals surface area contributed by atoms with Crippen molar-refractivity contribution in [1.29, 1.82) is 0 Å². The molecule has 0 aliphatic heterocycles. The third-order valence-electron chi connectivity index (χ3n) is 2.65. The van der Waals surface area contributed by atoms with Gasteiger partial charge in [0.15, 0.2) is 0 Å². The number of hydrogen-bond acceptors (Lipinski definition) is 4. The summed E-state index contributed by atoms with van der Waals surface area (Å²) < 4.78 is 5.07. The lowest BCUT2D eigenvalue weighted by molar-refractivity contribution is -0.172. The molecule has 2 N–H and O–H groups in total. The SMILES string of the molecule is CC[C@@H]([C@@H](Cc1ccco1)C(=O)O)N(O)C=O. The zero-order valence-corrected chi connectivity index (χ0v) is 9.44. The van der Waals surface area contributed by atoms with Gasteiger partial charge in [0.2, 0.25) is 6.41 Å². The highest BCUT2D eigenvalue weighted by Crippen LogP contribution is 2.19. The van der Waals surface area contributed by atoms with Crippen LogP contribution in [0.25, 0.3) is 0 Å². The van der Waals surface area contributed by atoms with Crippen LogP contribution in [-0.2, 0) is 16.0 Å². The average molecular weight is 241 g/mol. The molecule has 1 aromatic heterocycles. The molecule has 6 heteroatoms. The number of furan rings is 1. The van der Waals surface area contributed by atoms with Crippen LogP contribution in [0.1, 0.15) is 19.1 Å². The highest BCUT2D eigenvalue weighted by molar-refractivity contribution is 5.71. The van der Waals surface area contributed by atoms with Gasteiger partial charge < -0.3 is 9.52 Å². The summed E-state index contributed by atoms with van der Waals surface area (Å²) in [5, 5.41) is 18.9. The van der Waals surface area contributed by atoms with Gasteiger partial charge in [0, 0.05) is 6.42 Å². The molecule has 2 atom stereocenters. The number of nitrogens with zero attached hydrogens (tertiary/aromatic N) is 1. The number of carboxylic acids is 1. The molecule has 0 unspecified atom stereocenters. The number of carboxylic acid groups (broad SMARTS) is 1. The van der Waals surface area contributed by atoms with Crippen molar-refractivity contribution in [2.45, 2.75) is 25.8 Å². The van der Waals surface area contributed by atoms with Gasteiger partial charge in [-0.1, -0.05) is 6.92 Å². The van der Waals surface area contributed by atoms with Crippen LogP contribution in [0.2, 0.25) is 0 Å². The highest BCUT2D eigenvalue weighted by atomic mass is 16.5. The van der Waals surface area contributed by atoms with Gasteiger partial charge in [0.25, 0.3) is 0 Å². The quantitative estimate of drug-likeness (QED) is 0.424. The second-order valence-electron chi connectivity index (χ2n) is 3.69. The molecule has 6 nitrogen and oxygen atoms in total. The number of rotatable bonds is 7. The standard InChI is InChI=1S/C11H15NO5/c1-2-10(12(16)7-13)9(11(14)15)6-8-4-3-5-17-8/h3-5,7,9-10,16H,2,6H2,1H3,(H,14,15)/t9-,10+/m1/s1. The molecule has 0 aliphatic rings. The molecular formula is C11H15NO5. The van der Waals surface area contributed by atoms with Gasteiger partial charge in [-0.3, -0.25) is 14.8 Å². The van der Waals surface area contributed by atoms with Crippen LogP contribution in [-0.4, -0.2) is 33.8 Å². The van der Waals surface area contributed by atoms with Gasteiger partial charge in [-0.2, -0.15) is 0 Å². The van der Waals surface area contributed by atoms with E-state index in [0.717, 1.165) is 0 Å². The van der Waals surface area contributed by atoms with E-state index in [4.69, 9.17) is 9.52 Å². The van der Waals surface area contributed by atoms with E-state index in [2.05, 4.69) is 0 Å². The molecule has 94 valence electrons. The van der Waals surface area contributed by atoms with E-state index in [-0.39, 0.29) is 12.8 Å². The first-order valence-electron chi connectivity index (χ1n) is 5.27. The van der Waals surface area contributed by atoms with Crippen molar-refractivity contribution in [3.63, 3.8) is 0 Å². The van der Waals surface area contributed by atoms with E-state index < -0.39 is 17.9 Å². The van der Waals surface area contributed by atoms with Crippen LogP contribution < -0.4 is 0 Å². The Kier molecular flexibility index (Phi) is 4.71.